The second-order valence-corrected chi connectivity index (χ2v) is 2.60. The zero-order valence-corrected chi connectivity index (χ0v) is 6.68. The average molecular weight is 152 g/mol. The van der Waals surface area contributed by atoms with E-state index >= 15 is 0 Å². The highest BCUT2D eigenvalue weighted by atomic mass is 16.3. The third kappa shape index (κ3) is 1.43. The molecule has 0 aliphatic rings. The lowest BCUT2D eigenvalue weighted by Gasteiger charge is -2.08. The van der Waals surface area contributed by atoms with E-state index in [4.69, 9.17) is 10.9 Å². The molecule has 0 heterocycles. The van der Waals surface area contributed by atoms with Crippen molar-refractivity contribution >= 4 is 5.69 Å². The molecule has 0 spiro atoms. The highest BCUT2D eigenvalue weighted by molar-refractivity contribution is 5.58. The van der Waals surface area contributed by atoms with Crippen molar-refractivity contribution in [3.8, 4) is 5.75 Å². The molecular formula is C8H12N2O. The third-order valence-electron chi connectivity index (χ3n) is 1.66. The fourth-order valence-corrected chi connectivity index (χ4v) is 1.17. The minimum absolute atomic E-state index is 0.277. The van der Waals surface area contributed by atoms with Gasteiger partial charge in [0.25, 0.3) is 0 Å². The lowest BCUT2D eigenvalue weighted by molar-refractivity contribution is 0.474. The van der Waals surface area contributed by atoms with Crippen LogP contribution in [0.2, 0.25) is 0 Å². The smallest absolute Gasteiger partial charge is 0.116 e. The van der Waals surface area contributed by atoms with Gasteiger partial charge in [0.2, 0.25) is 0 Å². The average Bonchev–Trinajstić information content (AvgIpc) is 1.85. The van der Waals surface area contributed by atoms with Crippen molar-refractivity contribution in [1.82, 2.24) is 0 Å². The Morgan fingerprint density at radius 3 is 2.09 bits per heavy atom. The molecule has 0 unspecified atom stereocenters. The molecule has 0 fully saturated rings. The van der Waals surface area contributed by atoms with Gasteiger partial charge in [-0.3, -0.25) is 5.84 Å². The summed E-state index contributed by atoms with van der Waals surface area (Å²) in [5.74, 6) is 5.55. The second kappa shape index (κ2) is 2.80. The Labute approximate surface area is 65.8 Å². The number of phenols is 1. The predicted octanol–water partition coefficient (Wildman–Crippen LogP) is 1.29. The first-order valence-corrected chi connectivity index (χ1v) is 3.42. The summed E-state index contributed by atoms with van der Waals surface area (Å²) in [5, 5.41) is 9.15. The van der Waals surface area contributed by atoms with Gasteiger partial charge in [0.15, 0.2) is 0 Å². The van der Waals surface area contributed by atoms with E-state index in [1.54, 1.807) is 12.1 Å². The Morgan fingerprint density at radius 1 is 1.27 bits per heavy atom. The zero-order valence-electron chi connectivity index (χ0n) is 6.68. The van der Waals surface area contributed by atoms with Gasteiger partial charge in [-0.1, -0.05) is 0 Å². The summed E-state index contributed by atoms with van der Waals surface area (Å²) in [6, 6.07) is 3.34. The van der Waals surface area contributed by atoms with Gasteiger partial charge >= 0.3 is 0 Å². The van der Waals surface area contributed by atoms with Crippen LogP contribution in [0.3, 0.4) is 0 Å². The Morgan fingerprint density at radius 2 is 1.73 bits per heavy atom. The molecule has 3 heteroatoms. The summed E-state index contributed by atoms with van der Waals surface area (Å²) in [7, 11) is 0. The number of aryl methyl sites for hydroxylation is 2. The maximum Gasteiger partial charge on any atom is 0.116 e. The number of benzene rings is 1. The first kappa shape index (κ1) is 7.88. The fraction of sp³-hybridized carbons (Fsp3) is 0.250. The van der Waals surface area contributed by atoms with Crippen molar-refractivity contribution < 1.29 is 5.11 Å². The lowest BCUT2D eigenvalue weighted by atomic mass is 10.1. The normalized spacial score (nSPS) is 9.73. The van der Waals surface area contributed by atoms with Crippen LogP contribution < -0.4 is 11.3 Å². The van der Waals surface area contributed by atoms with Crippen molar-refractivity contribution in [1.29, 1.82) is 0 Å². The van der Waals surface area contributed by atoms with Crippen LogP contribution in [0.1, 0.15) is 11.1 Å². The quantitative estimate of drug-likeness (QED) is 0.323. The molecule has 1 aromatic rings. The van der Waals surface area contributed by atoms with E-state index < -0.39 is 0 Å². The van der Waals surface area contributed by atoms with Crippen LogP contribution >= 0.6 is 0 Å². The van der Waals surface area contributed by atoms with Crippen molar-refractivity contribution in [2.24, 2.45) is 5.84 Å². The standard InChI is InChI=1S/C8H12N2O/c1-5-3-7(11)4-6(2)8(5)10-9/h3-4,10-11H,9H2,1-2H3. The molecule has 0 aliphatic heterocycles. The van der Waals surface area contributed by atoms with Gasteiger partial charge < -0.3 is 10.5 Å². The fourth-order valence-electron chi connectivity index (χ4n) is 1.17. The molecule has 0 bridgehead atoms. The number of hydrazine groups is 1. The molecule has 60 valence electrons. The molecule has 4 N–H and O–H groups in total. The largest absolute Gasteiger partial charge is 0.508 e. The number of nitrogen functional groups attached to an aromatic ring is 1. The van der Waals surface area contributed by atoms with Gasteiger partial charge in [-0.2, -0.15) is 0 Å². The van der Waals surface area contributed by atoms with E-state index in [0.29, 0.717) is 0 Å². The zero-order chi connectivity index (χ0) is 8.43. The lowest BCUT2D eigenvalue weighted by Crippen LogP contribution is -2.09. The molecular weight excluding hydrogens is 140 g/mol. The van der Waals surface area contributed by atoms with Crippen molar-refractivity contribution in [3.63, 3.8) is 0 Å². The minimum Gasteiger partial charge on any atom is -0.508 e. The molecule has 1 rings (SSSR count). The predicted molar refractivity (Wildman–Crippen MR) is 45.4 cm³/mol. The molecule has 3 nitrogen and oxygen atoms in total. The number of hydrogen-bond acceptors (Lipinski definition) is 3. The Balaban J connectivity index is 3.25. The van der Waals surface area contributed by atoms with E-state index in [1.807, 2.05) is 13.8 Å². The number of hydrogen-bond donors (Lipinski definition) is 3. The highest BCUT2D eigenvalue weighted by Gasteiger charge is 2.01. The molecule has 0 saturated heterocycles. The van der Waals surface area contributed by atoms with Crippen molar-refractivity contribution in [2.75, 3.05) is 5.43 Å². The van der Waals surface area contributed by atoms with Gasteiger partial charge in [0, 0.05) is 0 Å². The Hall–Kier alpha value is -1.22. The van der Waals surface area contributed by atoms with Crippen LogP contribution in [0.4, 0.5) is 5.69 Å². The SMILES string of the molecule is Cc1cc(O)cc(C)c1NN. The van der Waals surface area contributed by atoms with Gasteiger partial charge in [0.1, 0.15) is 5.75 Å². The van der Waals surface area contributed by atoms with Gasteiger partial charge in [-0.05, 0) is 37.1 Å². The van der Waals surface area contributed by atoms with Gasteiger partial charge in [0.05, 0.1) is 5.69 Å². The number of nitrogens with one attached hydrogen (secondary N) is 1. The van der Waals surface area contributed by atoms with E-state index in [1.165, 1.54) is 0 Å². The monoisotopic (exact) mass is 152 g/mol. The van der Waals surface area contributed by atoms with Crippen LogP contribution in [0.5, 0.6) is 5.75 Å². The molecule has 0 radical (unpaired) electrons. The van der Waals surface area contributed by atoms with Crippen LogP contribution in [0.15, 0.2) is 12.1 Å². The first-order valence-electron chi connectivity index (χ1n) is 3.42. The second-order valence-electron chi connectivity index (χ2n) is 2.60. The Kier molecular flexibility index (Phi) is 2.01. The van der Waals surface area contributed by atoms with Gasteiger partial charge in [-0.25, -0.2) is 0 Å². The summed E-state index contributed by atoms with van der Waals surface area (Å²) in [5.41, 5.74) is 5.36. The molecule has 0 aromatic heterocycles. The van der Waals surface area contributed by atoms with Crippen LogP contribution in [-0.2, 0) is 0 Å². The maximum atomic E-state index is 9.15. The summed E-state index contributed by atoms with van der Waals surface area (Å²) in [6.07, 6.45) is 0. The number of nitrogens with two attached hydrogens (primary N) is 1. The maximum absolute atomic E-state index is 9.15. The van der Waals surface area contributed by atoms with E-state index in [2.05, 4.69) is 5.43 Å². The molecule has 0 aliphatic carbocycles. The van der Waals surface area contributed by atoms with Crippen LogP contribution in [0, 0.1) is 13.8 Å². The summed E-state index contributed by atoms with van der Waals surface area (Å²) < 4.78 is 0. The first-order chi connectivity index (χ1) is 5.15. The number of rotatable bonds is 1. The minimum atomic E-state index is 0.277. The summed E-state index contributed by atoms with van der Waals surface area (Å²) in [6.45, 7) is 3.78. The highest BCUT2D eigenvalue weighted by Crippen LogP contribution is 2.23. The number of phenolic OH excluding ortho intramolecular Hbond substituents is 1. The van der Waals surface area contributed by atoms with E-state index in [9.17, 15) is 0 Å². The molecule has 1 aromatic carbocycles. The summed E-state index contributed by atoms with van der Waals surface area (Å²) in [4.78, 5) is 0. The molecule has 0 amide bonds. The van der Waals surface area contributed by atoms with E-state index in [-0.39, 0.29) is 5.75 Å². The Bertz CT molecular complexity index is 248. The topological polar surface area (TPSA) is 58.3 Å². The molecule has 0 saturated carbocycles. The van der Waals surface area contributed by atoms with Gasteiger partial charge in [-0.15, -0.1) is 0 Å². The third-order valence-corrected chi connectivity index (χ3v) is 1.66. The molecule has 0 atom stereocenters. The molecule has 11 heavy (non-hydrogen) atoms. The van der Waals surface area contributed by atoms with Crippen LogP contribution in [-0.4, -0.2) is 5.11 Å². The number of aromatic hydroxyl groups is 1. The number of anilines is 1. The van der Waals surface area contributed by atoms with Crippen molar-refractivity contribution in [2.45, 2.75) is 13.8 Å². The van der Waals surface area contributed by atoms with Crippen LogP contribution in [0.25, 0.3) is 0 Å². The van der Waals surface area contributed by atoms with Crippen molar-refractivity contribution in [3.05, 3.63) is 23.3 Å². The summed E-state index contributed by atoms with van der Waals surface area (Å²) >= 11 is 0. The van der Waals surface area contributed by atoms with E-state index in [0.717, 1.165) is 16.8 Å².